The third-order valence-corrected chi connectivity index (χ3v) is 7.38. The molecule has 38 heavy (non-hydrogen) atoms. The van der Waals surface area contributed by atoms with Crippen LogP contribution in [0.5, 0.6) is 5.75 Å². The molecule has 206 valence electrons. The maximum atomic E-state index is 13.9. The fourth-order valence-electron chi connectivity index (χ4n) is 5.22. The van der Waals surface area contributed by atoms with Crippen LogP contribution in [0.4, 0.5) is 9.18 Å². The van der Waals surface area contributed by atoms with Crippen molar-refractivity contribution in [2.75, 3.05) is 33.4 Å². The van der Waals surface area contributed by atoms with E-state index >= 15 is 0 Å². The largest absolute Gasteiger partial charge is 0.496 e. The van der Waals surface area contributed by atoms with Crippen LogP contribution in [0.2, 0.25) is 0 Å². The summed E-state index contributed by atoms with van der Waals surface area (Å²) in [5.74, 6) is 0.337. The Balaban J connectivity index is 1.41. The predicted molar refractivity (Wildman–Crippen MR) is 144 cm³/mol. The monoisotopic (exact) mass is 526 g/mol. The van der Waals surface area contributed by atoms with Crippen LogP contribution in [0.25, 0.3) is 11.1 Å². The number of rotatable bonds is 6. The molecular weight excluding hydrogens is 487 g/mol. The van der Waals surface area contributed by atoms with Crippen LogP contribution in [0.3, 0.4) is 0 Å². The number of nitrogens with one attached hydrogen (secondary N) is 1. The average Bonchev–Trinajstić information content (AvgIpc) is 2.89. The molecule has 0 unspecified atom stereocenters. The topological polar surface area (TPSA) is 77.1 Å². The zero-order valence-electron chi connectivity index (χ0n) is 22.8. The van der Waals surface area contributed by atoms with Crippen LogP contribution in [0.1, 0.15) is 52.0 Å². The Morgan fingerprint density at radius 3 is 2.34 bits per heavy atom. The number of ether oxygens (including phenoxy) is 3. The van der Waals surface area contributed by atoms with Crippen molar-refractivity contribution in [2.24, 2.45) is 5.41 Å². The van der Waals surface area contributed by atoms with E-state index in [-0.39, 0.29) is 23.9 Å². The highest BCUT2D eigenvalue weighted by atomic mass is 19.1. The van der Waals surface area contributed by atoms with E-state index in [2.05, 4.69) is 5.32 Å². The Morgan fingerprint density at radius 1 is 1.08 bits per heavy atom. The van der Waals surface area contributed by atoms with Crippen molar-refractivity contribution < 1.29 is 28.2 Å². The summed E-state index contributed by atoms with van der Waals surface area (Å²) in [5.41, 5.74) is 1.50. The zero-order chi connectivity index (χ0) is 27.3. The maximum Gasteiger partial charge on any atom is 0.410 e. The van der Waals surface area contributed by atoms with Crippen LogP contribution in [-0.4, -0.2) is 62.0 Å². The lowest BCUT2D eigenvalue weighted by atomic mass is 9.74. The van der Waals surface area contributed by atoms with Crippen LogP contribution >= 0.6 is 0 Å². The molecule has 0 spiro atoms. The van der Waals surface area contributed by atoms with Gasteiger partial charge in [0.1, 0.15) is 17.2 Å². The minimum absolute atomic E-state index is 0.0173. The van der Waals surface area contributed by atoms with Crippen molar-refractivity contribution in [2.45, 2.75) is 64.5 Å². The first kappa shape index (κ1) is 27.9. The van der Waals surface area contributed by atoms with Crippen LogP contribution in [0.15, 0.2) is 42.5 Å². The van der Waals surface area contributed by atoms with Gasteiger partial charge in [-0.25, -0.2) is 9.18 Å². The predicted octanol–water partition coefficient (Wildman–Crippen LogP) is 5.36. The highest BCUT2D eigenvalue weighted by molar-refractivity contribution is 5.83. The molecule has 2 aromatic carbocycles. The molecule has 7 nitrogen and oxygen atoms in total. The summed E-state index contributed by atoms with van der Waals surface area (Å²) in [6, 6.07) is 12.4. The number of halogens is 1. The Labute approximate surface area is 224 Å². The van der Waals surface area contributed by atoms with Gasteiger partial charge >= 0.3 is 6.09 Å². The van der Waals surface area contributed by atoms with E-state index in [0.29, 0.717) is 69.7 Å². The number of methoxy groups -OCH3 is 1. The molecule has 2 saturated heterocycles. The van der Waals surface area contributed by atoms with Crippen LogP contribution in [-0.2, 0) is 20.7 Å². The van der Waals surface area contributed by atoms with E-state index in [1.807, 2.05) is 45.0 Å². The van der Waals surface area contributed by atoms with Gasteiger partial charge in [0.05, 0.1) is 12.5 Å². The molecule has 2 aromatic rings. The van der Waals surface area contributed by atoms with Crippen molar-refractivity contribution in [3.8, 4) is 16.9 Å². The van der Waals surface area contributed by atoms with Crippen molar-refractivity contribution in [3.05, 3.63) is 53.8 Å². The van der Waals surface area contributed by atoms with Gasteiger partial charge in [0.2, 0.25) is 5.91 Å². The SMILES string of the molecule is COc1ccc(F)cc1-c1ccc(CC2(C(=O)NC3CCN(C(=O)OC(C)(C)C)CC3)CCOCC2)cc1. The number of amides is 2. The van der Waals surface area contributed by atoms with Gasteiger partial charge in [-0.05, 0) is 82.2 Å². The van der Waals surface area contributed by atoms with E-state index in [4.69, 9.17) is 14.2 Å². The van der Waals surface area contributed by atoms with Crippen molar-refractivity contribution in [3.63, 3.8) is 0 Å². The first-order valence-corrected chi connectivity index (χ1v) is 13.4. The zero-order valence-corrected chi connectivity index (χ0v) is 22.8. The number of benzene rings is 2. The Bertz CT molecular complexity index is 1110. The maximum absolute atomic E-state index is 13.9. The molecule has 2 fully saturated rings. The molecule has 0 radical (unpaired) electrons. The van der Waals surface area contributed by atoms with Gasteiger partial charge in [-0.15, -0.1) is 0 Å². The molecule has 2 aliphatic heterocycles. The summed E-state index contributed by atoms with van der Waals surface area (Å²) in [4.78, 5) is 27.8. The summed E-state index contributed by atoms with van der Waals surface area (Å²) >= 11 is 0. The summed E-state index contributed by atoms with van der Waals surface area (Å²) in [6.07, 6.45) is 2.98. The molecule has 0 bridgehead atoms. The van der Waals surface area contributed by atoms with Gasteiger partial charge in [0.25, 0.3) is 0 Å². The first-order valence-electron chi connectivity index (χ1n) is 13.4. The fourth-order valence-corrected chi connectivity index (χ4v) is 5.22. The Hall–Kier alpha value is -3.13. The van der Waals surface area contributed by atoms with Gasteiger partial charge in [-0.3, -0.25) is 4.79 Å². The summed E-state index contributed by atoms with van der Waals surface area (Å²) in [5, 5.41) is 3.28. The molecule has 0 aromatic heterocycles. The normalized spacial score (nSPS) is 18.1. The summed E-state index contributed by atoms with van der Waals surface area (Å²) < 4.78 is 30.4. The molecular formula is C30H39FN2O5. The number of carbonyl (C=O) groups is 2. The lowest BCUT2D eigenvalue weighted by Gasteiger charge is -2.39. The molecule has 0 saturated carbocycles. The van der Waals surface area contributed by atoms with E-state index in [9.17, 15) is 14.0 Å². The lowest BCUT2D eigenvalue weighted by Crippen LogP contribution is -2.53. The van der Waals surface area contributed by atoms with Gasteiger partial charge in [-0.1, -0.05) is 24.3 Å². The number of hydrogen-bond donors (Lipinski definition) is 1. The number of piperidine rings is 1. The summed E-state index contributed by atoms with van der Waals surface area (Å²) in [6.45, 7) is 7.78. The average molecular weight is 527 g/mol. The van der Waals surface area contributed by atoms with Crippen molar-refractivity contribution >= 4 is 12.0 Å². The highest BCUT2D eigenvalue weighted by Gasteiger charge is 2.41. The number of carbonyl (C=O) groups excluding carboxylic acids is 2. The second-order valence-electron chi connectivity index (χ2n) is 11.3. The molecule has 0 atom stereocenters. The second kappa shape index (κ2) is 11.7. The minimum Gasteiger partial charge on any atom is -0.496 e. The number of hydrogen-bond acceptors (Lipinski definition) is 5. The van der Waals surface area contributed by atoms with Crippen molar-refractivity contribution in [1.29, 1.82) is 0 Å². The highest BCUT2D eigenvalue weighted by Crippen LogP contribution is 2.37. The number of likely N-dealkylation sites (tertiary alicyclic amines) is 1. The smallest absolute Gasteiger partial charge is 0.410 e. The third-order valence-electron chi connectivity index (χ3n) is 7.38. The molecule has 1 N–H and O–H groups in total. The second-order valence-corrected chi connectivity index (χ2v) is 11.3. The molecule has 8 heteroatoms. The van der Waals surface area contributed by atoms with Crippen LogP contribution in [0, 0.1) is 11.2 Å². The van der Waals surface area contributed by atoms with Gasteiger partial charge < -0.3 is 24.4 Å². The van der Waals surface area contributed by atoms with Crippen molar-refractivity contribution in [1.82, 2.24) is 10.2 Å². The Morgan fingerprint density at radius 2 is 1.74 bits per heavy atom. The molecule has 2 amide bonds. The summed E-state index contributed by atoms with van der Waals surface area (Å²) in [7, 11) is 1.57. The van der Waals surface area contributed by atoms with Gasteiger partial charge in [-0.2, -0.15) is 0 Å². The van der Waals surface area contributed by atoms with E-state index in [0.717, 1.165) is 11.1 Å². The Kier molecular flexibility index (Phi) is 8.61. The molecule has 2 aliphatic rings. The van der Waals surface area contributed by atoms with Crippen LogP contribution < -0.4 is 10.1 Å². The van der Waals surface area contributed by atoms with Gasteiger partial charge in [0, 0.05) is 37.9 Å². The standard InChI is InChI=1S/C30H39FN2O5/c1-29(2,3)38-28(35)33-15-11-24(12-16-33)32-27(34)30(13-17-37-18-14-30)20-21-5-7-22(8-6-21)25-19-23(31)9-10-26(25)36-4/h5-10,19,24H,11-18,20H2,1-4H3,(H,32,34). The van der Waals surface area contributed by atoms with E-state index in [1.54, 1.807) is 18.1 Å². The molecule has 4 rings (SSSR count). The van der Waals surface area contributed by atoms with E-state index in [1.165, 1.54) is 12.1 Å². The number of nitrogens with zero attached hydrogens (tertiary/aromatic N) is 1. The first-order chi connectivity index (χ1) is 18.1. The van der Waals surface area contributed by atoms with Gasteiger partial charge in [0.15, 0.2) is 0 Å². The van der Waals surface area contributed by atoms with E-state index < -0.39 is 11.0 Å². The quantitative estimate of drug-likeness (QED) is 0.549. The molecule has 2 heterocycles. The molecule has 0 aliphatic carbocycles. The lowest BCUT2D eigenvalue weighted by molar-refractivity contribution is -0.137. The minimum atomic E-state index is -0.557. The third kappa shape index (κ3) is 6.84. The fraction of sp³-hybridized carbons (Fsp3) is 0.533.